The van der Waals surface area contributed by atoms with E-state index in [1.807, 2.05) is 86.6 Å². The summed E-state index contributed by atoms with van der Waals surface area (Å²) in [7, 11) is 0. The molecule has 0 fully saturated rings. The van der Waals surface area contributed by atoms with Crippen LogP contribution in [0.15, 0.2) is 72.8 Å². The first-order valence-corrected chi connectivity index (χ1v) is 10.4. The van der Waals surface area contributed by atoms with Gasteiger partial charge in [0, 0.05) is 28.7 Å². The molecule has 0 aliphatic rings. The van der Waals surface area contributed by atoms with Crippen LogP contribution in [0.3, 0.4) is 0 Å². The second kappa shape index (κ2) is 9.39. The minimum absolute atomic E-state index is 0.207. The maximum atomic E-state index is 11.8. The fraction of sp³-hybridized carbons (Fsp3) is 0.192. The van der Waals surface area contributed by atoms with Crippen LogP contribution in [0.5, 0.6) is 0 Å². The van der Waals surface area contributed by atoms with E-state index in [2.05, 4.69) is 9.97 Å². The van der Waals surface area contributed by atoms with Crippen LogP contribution in [0.4, 0.5) is 0 Å². The Hall–Kier alpha value is -3.73. The molecule has 0 spiro atoms. The standard InChI is InChI=1S/C26H24N4O/c1-18-7-3-11-23(27-18)25-13-5-9-21(29-25)15-20(17-31)16-22-10-6-14-26(30-22)24-12-4-8-19(2)28-24/h3-14,17,20H,15-16H2,1-2H3. The SMILES string of the molecule is Cc1cccc(-c2cccc(CC(C=O)Cc3cccc(-c4cccc(C)n4)n3)n2)n1. The average molecular weight is 409 g/mol. The lowest BCUT2D eigenvalue weighted by atomic mass is 9.98. The quantitative estimate of drug-likeness (QED) is 0.410. The molecular formula is C26H24N4O. The van der Waals surface area contributed by atoms with Gasteiger partial charge in [0.1, 0.15) is 6.29 Å². The van der Waals surface area contributed by atoms with Gasteiger partial charge in [-0.15, -0.1) is 0 Å². The fourth-order valence-corrected chi connectivity index (χ4v) is 3.55. The molecule has 0 unspecified atom stereocenters. The predicted octanol–water partition coefficient (Wildman–Crippen LogP) is 4.82. The summed E-state index contributed by atoms with van der Waals surface area (Å²) < 4.78 is 0. The van der Waals surface area contributed by atoms with Gasteiger partial charge >= 0.3 is 0 Å². The van der Waals surface area contributed by atoms with Crippen LogP contribution in [0.25, 0.3) is 22.8 Å². The van der Waals surface area contributed by atoms with Gasteiger partial charge in [0.2, 0.25) is 0 Å². The first-order valence-electron chi connectivity index (χ1n) is 10.4. The molecule has 5 heteroatoms. The highest BCUT2D eigenvalue weighted by Gasteiger charge is 2.14. The molecule has 0 radical (unpaired) electrons. The van der Waals surface area contributed by atoms with Gasteiger partial charge in [-0.25, -0.2) is 0 Å². The number of hydrogen-bond donors (Lipinski definition) is 0. The maximum absolute atomic E-state index is 11.8. The van der Waals surface area contributed by atoms with E-state index in [1.165, 1.54) is 0 Å². The topological polar surface area (TPSA) is 68.6 Å². The molecule has 4 heterocycles. The summed E-state index contributed by atoms with van der Waals surface area (Å²) in [5.74, 6) is -0.207. The van der Waals surface area contributed by atoms with Crippen molar-refractivity contribution in [3.05, 3.63) is 95.6 Å². The molecule has 0 saturated carbocycles. The molecule has 0 amide bonds. The molecule has 31 heavy (non-hydrogen) atoms. The molecule has 0 aliphatic carbocycles. The predicted molar refractivity (Wildman–Crippen MR) is 121 cm³/mol. The Morgan fingerprint density at radius 1 is 0.613 bits per heavy atom. The van der Waals surface area contributed by atoms with Crippen molar-refractivity contribution in [3.8, 4) is 22.8 Å². The summed E-state index contributed by atoms with van der Waals surface area (Å²) in [6.07, 6.45) is 2.11. The second-order valence-electron chi connectivity index (χ2n) is 7.66. The number of hydrogen-bond acceptors (Lipinski definition) is 5. The molecule has 0 aliphatic heterocycles. The Morgan fingerprint density at radius 3 is 1.39 bits per heavy atom. The molecule has 4 aromatic heterocycles. The van der Waals surface area contributed by atoms with Crippen LogP contribution in [0.1, 0.15) is 22.8 Å². The molecule has 0 atom stereocenters. The maximum Gasteiger partial charge on any atom is 0.123 e. The van der Waals surface area contributed by atoms with E-state index in [0.29, 0.717) is 12.8 Å². The van der Waals surface area contributed by atoms with Crippen LogP contribution in [-0.4, -0.2) is 26.2 Å². The van der Waals surface area contributed by atoms with Crippen molar-refractivity contribution in [2.24, 2.45) is 5.92 Å². The highest BCUT2D eigenvalue weighted by Crippen LogP contribution is 2.19. The molecule has 0 N–H and O–H groups in total. The van der Waals surface area contributed by atoms with Crippen LogP contribution >= 0.6 is 0 Å². The second-order valence-corrected chi connectivity index (χ2v) is 7.66. The highest BCUT2D eigenvalue weighted by molar-refractivity contribution is 5.57. The lowest BCUT2D eigenvalue weighted by Gasteiger charge is -2.11. The van der Waals surface area contributed by atoms with Gasteiger partial charge in [0.05, 0.1) is 22.8 Å². The highest BCUT2D eigenvalue weighted by atomic mass is 16.1. The number of carbonyl (C=O) groups excluding carboxylic acids is 1. The minimum Gasteiger partial charge on any atom is -0.303 e. The number of carbonyl (C=O) groups is 1. The van der Waals surface area contributed by atoms with E-state index in [1.54, 1.807) is 0 Å². The van der Waals surface area contributed by atoms with Crippen molar-refractivity contribution in [2.75, 3.05) is 0 Å². The van der Waals surface area contributed by atoms with Gasteiger partial charge < -0.3 is 4.79 Å². The smallest absolute Gasteiger partial charge is 0.123 e. The summed E-state index contributed by atoms with van der Waals surface area (Å²) in [5, 5.41) is 0. The summed E-state index contributed by atoms with van der Waals surface area (Å²) in [6.45, 7) is 3.92. The van der Waals surface area contributed by atoms with Gasteiger partial charge in [-0.3, -0.25) is 19.9 Å². The molecule has 4 rings (SSSR count). The molecule has 5 nitrogen and oxygen atoms in total. The van der Waals surface area contributed by atoms with E-state index >= 15 is 0 Å². The molecule has 0 saturated heterocycles. The number of aldehydes is 1. The Bertz CT molecular complexity index is 1110. The number of rotatable bonds is 7. The van der Waals surface area contributed by atoms with E-state index in [0.717, 1.165) is 51.8 Å². The summed E-state index contributed by atoms with van der Waals surface area (Å²) >= 11 is 0. The van der Waals surface area contributed by atoms with E-state index in [-0.39, 0.29) is 5.92 Å². The van der Waals surface area contributed by atoms with Crippen molar-refractivity contribution < 1.29 is 4.79 Å². The van der Waals surface area contributed by atoms with Crippen LogP contribution < -0.4 is 0 Å². The van der Waals surface area contributed by atoms with Crippen molar-refractivity contribution in [3.63, 3.8) is 0 Å². The zero-order valence-electron chi connectivity index (χ0n) is 17.7. The van der Waals surface area contributed by atoms with Gasteiger partial charge in [-0.1, -0.05) is 24.3 Å². The van der Waals surface area contributed by atoms with Crippen molar-refractivity contribution in [1.29, 1.82) is 0 Å². The zero-order valence-corrected chi connectivity index (χ0v) is 17.7. The number of nitrogens with zero attached hydrogens (tertiary/aromatic N) is 4. The van der Waals surface area contributed by atoms with Crippen molar-refractivity contribution in [1.82, 2.24) is 19.9 Å². The van der Waals surface area contributed by atoms with Crippen molar-refractivity contribution >= 4 is 6.29 Å². The molecule has 0 bridgehead atoms. The molecular weight excluding hydrogens is 384 g/mol. The van der Waals surface area contributed by atoms with Gasteiger partial charge in [-0.05, 0) is 75.2 Å². The summed E-state index contributed by atoms with van der Waals surface area (Å²) in [5.41, 5.74) is 6.94. The molecule has 4 aromatic rings. The van der Waals surface area contributed by atoms with Gasteiger partial charge in [-0.2, -0.15) is 0 Å². The lowest BCUT2D eigenvalue weighted by molar-refractivity contribution is -0.111. The number of aromatic nitrogens is 4. The average Bonchev–Trinajstić information content (AvgIpc) is 2.79. The van der Waals surface area contributed by atoms with Gasteiger partial charge in [0.15, 0.2) is 0 Å². The van der Waals surface area contributed by atoms with Crippen LogP contribution in [0, 0.1) is 19.8 Å². The monoisotopic (exact) mass is 408 g/mol. The zero-order chi connectivity index (χ0) is 21.6. The third-order valence-corrected chi connectivity index (χ3v) is 5.05. The van der Waals surface area contributed by atoms with Crippen molar-refractivity contribution in [2.45, 2.75) is 26.7 Å². The first-order chi connectivity index (χ1) is 15.1. The number of aryl methyl sites for hydroxylation is 2. The largest absolute Gasteiger partial charge is 0.303 e. The van der Waals surface area contributed by atoms with E-state index < -0.39 is 0 Å². The Balaban J connectivity index is 1.51. The molecule has 0 aromatic carbocycles. The Morgan fingerprint density at radius 2 is 1.00 bits per heavy atom. The Labute approximate surface area is 182 Å². The van der Waals surface area contributed by atoms with E-state index in [9.17, 15) is 4.79 Å². The summed E-state index contributed by atoms with van der Waals surface area (Å²) in [4.78, 5) is 30.4. The lowest BCUT2D eigenvalue weighted by Crippen LogP contribution is -2.12. The minimum atomic E-state index is -0.207. The van der Waals surface area contributed by atoms with E-state index in [4.69, 9.17) is 9.97 Å². The third-order valence-electron chi connectivity index (χ3n) is 5.05. The first kappa shape index (κ1) is 20.5. The third kappa shape index (κ3) is 5.25. The summed E-state index contributed by atoms with van der Waals surface area (Å²) in [6, 6.07) is 23.5. The fourth-order valence-electron chi connectivity index (χ4n) is 3.55. The van der Waals surface area contributed by atoms with Crippen LogP contribution in [-0.2, 0) is 17.6 Å². The number of pyridine rings is 4. The normalized spacial score (nSPS) is 10.9. The van der Waals surface area contributed by atoms with Gasteiger partial charge in [0.25, 0.3) is 0 Å². The van der Waals surface area contributed by atoms with Crippen LogP contribution in [0.2, 0.25) is 0 Å². The molecule has 154 valence electrons. The Kier molecular flexibility index (Phi) is 6.22.